The van der Waals surface area contributed by atoms with Crippen molar-refractivity contribution in [2.45, 2.75) is 18.9 Å². The summed E-state index contributed by atoms with van der Waals surface area (Å²) in [6.45, 7) is 3.10. The van der Waals surface area contributed by atoms with Crippen LogP contribution in [0.4, 0.5) is 5.82 Å². The van der Waals surface area contributed by atoms with Crippen molar-refractivity contribution in [3.05, 3.63) is 54.2 Å². The van der Waals surface area contributed by atoms with Crippen LogP contribution in [0.3, 0.4) is 0 Å². The van der Waals surface area contributed by atoms with Crippen LogP contribution in [-0.2, 0) is 4.74 Å². The molecule has 2 aromatic carbocycles. The fourth-order valence-corrected chi connectivity index (χ4v) is 3.46. The maximum atomic E-state index is 12.4. The molecule has 1 aliphatic heterocycles. The molecule has 0 spiro atoms. The molecule has 0 atom stereocenters. The van der Waals surface area contributed by atoms with Gasteiger partial charge in [-0.15, -0.1) is 0 Å². The summed E-state index contributed by atoms with van der Waals surface area (Å²) in [5.74, 6) is 0.880. The second-order valence-electron chi connectivity index (χ2n) is 7.36. The zero-order valence-electron chi connectivity index (χ0n) is 15.6. The molecule has 1 saturated heterocycles. The van der Waals surface area contributed by atoms with Crippen molar-refractivity contribution in [1.82, 2.24) is 15.3 Å². The summed E-state index contributed by atoms with van der Waals surface area (Å²) in [5.41, 5.74) is 4.45. The number of anilines is 1. The molecule has 2 aliphatic rings. The lowest BCUT2D eigenvalue weighted by Gasteiger charge is -2.27. The average Bonchev–Trinajstić information content (AvgIpc) is 3.57. The molecule has 6 nitrogen and oxygen atoms in total. The van der Waals surface area contributed by atoms with Crippen LogP contribution in [0.1, 0.15) is 23.2 Å². The number of amides is 1. The number of hydrogen-bond donors (Lipinski definition) is 1. The number of nitrogens with one attached hydrogen (secondary N) is 1. The van der Waals surface area contributed by atoms with Crippen molar-refractivity contribution in [1.29, 1.82) is 0 Å². The minimum atomic E-state index is -0.000431. The van der Waals surface area contributed by atoms with Crippen molar-refractivity contribution in [2.24, 2.45) is 0 Å². The van der Waals surface area contributed by atoms with Crippen LogP contribution in [0.15, 0.2) is 48.7 Å². The van der Waals surface area contributed by atoms with Gasteiger partial charge in [0.15, 0.2) is 0 Å². The van der Waals surface area contributed by atoms with Crippen LogP contribution in [0, 0.1) is 0 Å². The molecule has 2 heterocycles. The van der Waals surface area contributed by atoms with Crippen molar-refractivity contribution in [3.8, 4) is 11.1 Å². The smallest absolute Gasteiger partial charge is 0.251 e. The Labute approximate surface area is 163 Å². The van der Waals surface area contributed by atoms with Crippen LogP contribution in [0.25, 0.3) is 22.2 Å². The third-order valence-electron chi connectivity index (χ3n) is 5.24. The number of fused-ring (bicyclic) bond motifs is 1. The van der Waals surface area contributed by atoms with E-state index in [1.807, 2.05) is 48.7 Å². The number of nitrogens with zero attached hydrogens (tertiary/aromatic N) is 3. The van der Waals surface area contributed by atoms with Crippen LogP contribution < -0.4 is 10.2 Å². The van der Waals surface area contributed by atoms with Crippen molar-refractivity contribution in [2.75, 3.05) is 31.2 Å². The number of carbonyl (C=O) groups excluding carboxylic acids is 1. The van der Waals surface area contributed by atoms with Gasteiger partial charge in [-0.3, -0.25) is 9.78 Å². The Morgan fingerprint density at radius 2 is 1.86 bits per heavy atom. The van der Waals surface area contributed by atoms with E-state index >= 15 is 0 Å². The fourth-order valence-electron chi connectivity index (χ4n) is 3.46. The Bertz CT molecular complexity index is 1030. The molecular formula is C22H22N4O2. The van der Waals surface area contributed by atoms with Crippen LogP contribution in [-0.4, -0.2) is 48.2 Å². The standard InChI is InChI=1S/C22H22N4O2/c27-22(24-18-5-6-18)17-3-1-2-15(12-17)16-4-7-19-20(13-16)25-21(14-23-19)26-8-10-28-11-9-26/h1-4,7,12-14,18H,5-6,8-11H2,(H,24,27). The van der Waals surface area contributed by atoms with Gasteiger partial charge >= 0.3 is 0 Å². The van der Waals surface area contributed by atoms with E-state index < -0.39 is 0 Å². The number of carbonyl (C=O) groups is 1. The van der Waals surface area contributed by atoms with Crippen molar-refractivity contribution in [3.63, 3.8) is 0 Å². The van der Waals surface area contributed by atoms with E-state index in [4.69, 9.17) is 9.72 Å². The molecule has 1 aliphatic carbocycles. The third-order valence-corrected chi connectivity index (χ3v) is 5.24. The summed E-state index contributed by atoms with van der Waals surface area (Å²) in [6, 6.07) is 14.2. The number of hydrogen-bond acceptors (Lipinski definition) is 5. The zero-order chi connectivity index (χ0) is 18.9. The van der Waals surface area contributed by atoms with Crippen molar-refractivity contribution < 1.29 is 9.53 Å². The molecule has 2 fully saturated rings. The number of morpholine rings is 1. The van der Waals surface area contributed by atoms with E-state index in [9.17, 15) is 4.79 Å². The van der Waals surface area contributed by atoms with E-state index in [1.54, 1.807) is 0 Å². The normalized spacial score (nSPS) is 16.9. The first-order valence-corrected chi connectivity index (χ1v) is 9.77. The Kier molecular flexibility index (Phi) is 4.41. The van der Waals surface area contributed by atoms with E-state index in [1.165, 1.54) is 0 Å². The van der Waals surface area contributed by atoms with Gasteiger partial charge < -0.3 is 15.0 Å². The molecule has 28 heavy (non-hydrogen) atoms. The van der Waals surface area contributed by atoms with Gasteiger partial charge in [-0.05, 0) is 48.2 Å². The summed E-state index contributed by atoms with van der Waals surface area (Å²) in [5, 5.41) is 3.05. The monoisotopic (exact) mass is 374 g/mol. The second kappa shape index (κ2) is 7.20. The molecule has 0 bridgehead atoms. The molecule has 1 N–H and O–H groups in total. The van der Waals surface area contributed by atoms with Gasteiger partial charge in [0.25, 0.3) is 5.91 Å². The van der Waals surface area contributed by atoms with E-state index in [2.05, 4.69) is 15.2 Å². The molecule has 1 saturated carbocycles. The molecule has 142 valence electrons. The quantitative estimate of drug-likeness (QED) is 0.760. The largest absolute Gasteiger partial charge is 0.378 e. The SMILES string of the molecule is O=C(NC1CC1)c1cccc(-c2ccc3ncc(N4CCOCC4)nc3c2)c1. The molecule has 1 amide bonds. The lowest BCUT2D eigenvalue weighted by Crippen LogP contribution is -2.36. The minimum absolute atomic E-state index is 0.000431. The highest BCUT2D eigenvalue weighted by Gasteiger charge is 2.23. The first kappa shape index (κ1) is 17.1. The lowest BCUT2D eigenvalue weighted by molar-refractivity contribution is 0.0951. The van der Waals surface area contributed by atoms with Gasteiger partial charge in [0.05, 0.1) is 30.4 Å². The summed E-state index contributed by atoms with van der Waals surface area (Å²) >= 11 is 0. The minimum Gasteiger partial charge on any atom is -0.378 e. The van der Waals surface area contributed by atoms with Gasteiger partial charge in [0, 0.05) is 24.7 Å². The molecule has 6 heteroatoms. The van der Waals surface area contributed by atoms with Gasteiger partial charge in [0.2, 0.25) is 0 Å². The molecule has 3 aromatic rings. The lowest BCUT2D eigenvalue weighted by atomic mass is 10.0. The van der Waals surface area contributed by atoms with Gasteiger partial charge in [-0.2, -0.15) is 0 Å². The zero-order valence-corrected chi connectivity index (χ0v) is 15.6. The van der Waals surface area contributed by atoms with Crippen LogP contribution >= 0.6 is 0 Å². The maximum Gasteiger partial charge on any atom is 0.251 e. The Hall–Kier alpha value is -2.99. The van der Waals surface area contributed by atoms with Crippen molar-refractivity contribution >= 4 is 22.8 Å². The number of aromatic nitrogens is 2. The predicted octanol–water partition coefficient (Wildman–Crippen LogP) is 3.03. The van der Waals surface area contributed by atoms with Crippen LogP contribution in [0.2, 0.25) is 0 Å². The highest BCUT2D eigenvalue weighted by molar-refractivity contribution is 5.96. The molecule has 0 radical (unpaired) electrons. The molecule has 0 unspecified atom stereocenters. The Balaban J connectivity index is 1.45. The summed E-state index contributed by atoms with van der Waals surface area (Å²) in [4.78, 5) is 23.9. The summed E-state index contributed by atoms with van der Waals surface area (Å²) < 4.78 is 5.42. The number of ether oxygens (including phenoxy) is 1. The van der Waals surface area contributed by atoms with Gasteiger partial charge in [0.1, 0.15) is 5.82 Å². The molecule has 1 aromatic heterocycles. The predicted molar refractivity (Wildman–Crippen MR) is 108 cm³/mol. The van der Waals surface area contributed by atoms with Gasteiger partial charge in [-0.1, -0.05) is 18.2 Å². The summed E-state index contributed by atoms with van der Waals surface area (Å²) in [6.07, 6.45) is 4.00. The number of benzene rings is 2. The topological polar surface area (TPSA) is 67.4 Å². The Morgan fingerprint density at radius 3 is 2.68 bits per heavy atom. The molecular weight excluding hydrogens is 352 g/mol. The summed E-state index contributed by atoms with van der Waals surface area (Å²) in [7, 11) is 0. The van der Waals surface area contributed by atoms with E-state index in [-0.39, 0.29) is 5.91 Å². The fraction of sp³-hybridized carbons (Fsp3) is 0.318. The van der Waals surface area contributed by atoms with E-state index in [0.29, 0.717) is 11.6 Å². The first-order chi connectivity index (χ1) is 13.8. The first-order valence-electron chi connectivity index (χ1n) is 9.77. The Morgan fingerprint density at radius 1 is 1.04 bits per heavy atom. The van der Waals surface area contributed by atoms with Crippen LogP contribution in [0.5, 0.6) is 0 Å². The second-order valence-corrected chi connectivity index (χ2v) is 7.36. The number of rotatable bonds is 4. The molecule has 5 rings (SSSR count). The third kappa shape index (κ3) is 3.55. The highest BCUT2D eigenvalue weighted by Crippen LogP contribution is 2.26. The van der Waals surface area contributed by atoms with Gasteiger partial charge in [-0.25, -0.2) is 4.98 Å². The highest BCUT2D eigenvalue weighted by atomic mass is 16.5. The van der Waals surface area contributed by atoms with E-state index in [0.717, 1.165) is 67.1 Å². The average molecular weight is 374 g/mol. The maximum absolute atomic E-state index is 12.4.